The van der Waals surface area contributed by atoms with Crippen LogP contribution in [0.25, 0.3) is 0 Å². The van der Waals surface area contributed by atoms with Crippen molar-refractivity contribution in [2.24, 2.45) is 0 Å². The minimum absolute atomic E-state index is 0.246. The SMILES string of the molecule is Cc1cc(C)c(NC(=O)c2cc(N3CCN(C)CC3)ccn2)c(Cl)c1. The van der Waals surface area contributed by atoms with Gasteiger partial charge in [0.05, 0.1) is 10.7 Å². The lowest BCUT2D eigenvalue weighted by molar-refractivity contribution is 0.102. The second-order valence-corrected chi connectivity index (χ2v) is 6.99. The molecule has 132 valence electrons. The summed E-state index contributed by atoms with van der Waals surface area (Å²) in [5, 5.41) is 3.44. The van der Waals surface area contributed by atoms with Crippen LogP contribution in [-0.4, -0.2) is 49.0 Å². The Kier molecular flexibility index (Phi) is 5.25. The van der Waals surface area contributed by atoms with Crippen molar-refractivity contribution in [2.45, 2.75) is 13.8 Å². The second kappa shape index (κ2) is 7.42. The molecule has 2 heterocycles. The number of pyridine rings is 1. The number of rotatable bonds is 3. The Morgan fingerprint density at radius 3 is 2.56 bits per heavy atom. The molecule has 5 nitrogen and oxygen atoms in total. The number of aromatic nitrogens is 1. The van der Waals surface area contributed by atoms with Gasteiger partial charge in [-0.3, -0.25) is 9.78 Å². The van der Waals surface area contributed by atoms with Crippen molar-refractivity contribution in [3.05, 3.63) is 52.3 Å². The van der Waals surface area contributed by atoms with E-state index in [1.54, 1.807) is 6.20 Å². The van der Waals surface area contributed by atoms with Crippen molar-refractivity contribution in [3.8, 4) is 0 Å². The van der Waals surface area contributed by atoms with Crippen molar-refractivity contribution < 1.29 is 4.79 Å². The molecule has 1 aromatic heterocycles. The fourth-order valence-corrected chi connectivity index (χ4v) is 3.42. The third-order valence-electron chi connectivity index (χ3n) is 4.51. The molecule has 1 fully saturated rings. The lowest BCUT2D eigenvalue weighted by Crippen LogP contribution is -2.44. The summed E-state index contributed by atoms with van der Waals surface area (Å²) in [5.74, 6) is -0.246. The normalized spacial score (nSPS) is 15.3. The van der Waals surface area contributed by atoms with Crippen LogP contribution in [0.3, 0.4) is 0 Å². The van der Waals surface area contributed by atoms with Crippen LogP contribution in [0.1, 0.15) is 21.6 Å². The standard InChI is InChI=1S/C19H23ClN4O/c1-13-10-14(2)18(16(20)11-13)22-19(25)17-12-15(4-5-21-17)24-8-6-23(3)7-9-24/h4-5,10-12H,6-9H2,1-3H3,(H,22,25). The first kappa shape index (κ1) is 17.7. The van der Waals surface area contributed by atoms with E-state index in [-0.39, 0.29) is 5.91 Å². The predicted molar refractivity (Wildman–Crippen MR) is 103 cm³/mol. The van der Waals surface area contributed by atoms with E-state index < -0.39 is 0 Å². The zero-order valence-corrected chi connectivity index (χ0v) is 15.6. The van der Waals surface area contributed by atoms with Crippen LogP contribution in [0.5, 0.6) is 0 Å². The lowest BCUT2D eigenvalue weighted by atomic mass is 10.1. The average molecular weight is 359 g/mol. The molecule has 3 rings (SSSR count). The minimum atomic E-state index is -0.246. The number of nitrogens with one attached hydrogen (secondary N) is 1. The van der Waals surface area contributed by atoms with Crippen molar-refractivity contribution in [3.63, 3.8) is 0 Å². The molecule has 0 atom stereocenters. The van der Waals surface area contributed by atoms with Crippen molar-refractivity contribution >= 4 is 28.9 Å². The van der Waals surface area contributed by atoms with Gasteiger partial charge in [-0.05, 0) is 50.2 Å². The highest BCUT2D eigenvalue weighted by Gasteiger charge is 2.17. The van der Waals surface area contributed by atoms with Crippen molar-refractivity contribution in [2.75, 3.05) is 43.4 Å². The third kappa shape index (κ3) is 4.11. The van der Waals surface area contributed by atoms with Gasteiger partial charge < -0.3 is 15.1 Å². The van der Waals surface area contributed by atoms with Gasteiger partial charge in [-0.2, -0.15) is 0 Å². The topological polar surface area (TPSA) is 48.5 Å². The summed E-state index contributed by atoms with van der Waals surface area (Å²) in [4.78, 5) is 21.4. The maximum Gasteiger partial charge on any atom is 0.274 e. The molecule has 0 radical (unpaired) electrons. The molecular weight excluding hydrogens is 336 g/mol. The maximum atomic E-state index is 12.6. The summed E-state index contributed by atoms with van der Waals surface area (Å²) in [5.41, 5.74) is 4.07. The zero-order valence-electron chi connectivity index (χ0n) is 14.8. The van der Waals surface area contributed by atoms with E-state index in [2.05, 4.69) is 27.1 Å². The van der Waals surface area contributed by atoms with Gasteiger partial charge in [-0.25, -0.2) is 0 Å². The van der Waals surface area contributed by atoms with Crippen LogP contribution in [0.15, 0.2) is 30.5 Å². The van der Waals surface area contributed by atoms with E-state index in [0.717, 1.165) is 43.0 Å². The Bertz CT molecular complexity index is 762. The van der Waals surface area contributed by atoms with E-state index in [4.69, 9.17) is 11.6 Å². The fourth-order valence-electron chi connectivity index (χ4n) is 3.06. The highest BCUT2D eigenvalue weighted by molar-refractivity contribution is 6.34. The van der Waals surface area contributed by atoms with Crippen LogP contribution < -0.4 is 10.2 Å². The fraction of sp³-hybridized carbons (Fsp3) is 0.368. The van der Waals surface area contributed by atoms with Crippen LogP contribution in [-0.2, 0) is 0 Å². The van der Waals surface area contributed by atoms with Gasteiger partial charge in [-0.15, -0.1) is 0 Å². The van der Waals surface area contributed by atoms with Gasteiger partial charge in [-0.1, -0.05) is 17.7 Å². The Morgan fingerprint density at radius 2 is 1.88 bits per heavy atom. The first-order valence-corrected chi connectivity index (χ1v) is 8.79. The summed E-state index contributed by atoms with van der Waals surface area (Å²) in [7, 11) is 2.12. The molecule has 0 saturated carbocycles. The van der Waals surface area contributed by atoms with Gasteiger partial charge >= 0.3 is 0 Å². The Labute approximate surface area is 153 Å². The summed E-state index contributed by atoms with van der Waals surface area (Å²) < 4.78 is 0. The summed E-state index contributed by atoms with van der Waals surface area (Å²) >= 11 is 6.29. The first-order valence-electron chi connectivity index (χ1n) is 8.41. The number of hydrogen-bond acceptors (Lipinski definition) is 4. The highest BCUT2D eigenvalue weighted by Crippen LogP contribution is 2.28. The van der Waals surface area contributed by atoms with Gasteiger partial charge in [0.25, 0.3) is 5.91 Å². The van der Waals surface area contributed by atoms with Crippen molar-refractivity contribution in [1.82, 2.24) is 9.88 Å². The lowest BCUT2D eigenvalue weighted by Gasteiger charge is -2.34. The van der Waals surface area contributed by atoms with E-state index in [1.807, 2.05) is 38.1 Å². The number of carbonyl (C=O) groups excluding carboxylic acids is 1. The largest absolute Gasteiger partial charge is 0.369 e. The number of amides is 1. The summed E-state index contributed by atoms with van der Waals surface area (Å²) in [6.45, 7) is 7.84. The minimum Gasteiger partial charge on any atom is -0.369 e. The number of halogens is 1. The molecule has 6 heteroatoms. The number of hydrogen-bond donors (Lipinski definition) is 1. The number of piperazine rings is 1. The van der Waals surface area contributed by atoms with Gasteiger partial charge in [0, 0.05) is 38.1 Å². The number of carbonyl (C=O) groups is 1. The summed E-state index contributed by atoms with van der Waals surface area (Å²) in [6.07, 6.45) is 1.69. The van der Waals surface area contributed by atoms with Crippen LogP contribution in [0, 0.1) is 13.8 Å². The number of likely N-dealkylation sites (N-methyl/N-ethyl adjacent to an activating group) is 1. The molecule has 1 aliphatic rings. The zero-order chi connectivity index (χ0) is 18.0. The molecule has 25 heavy (non-hydrogen) atoms. The molecule has 1 N–H and O–H groups in total. The Hall–Kier alpha value is -2.11. The van der Waals surface area contributed by atoms with Gasteiger partial charge in [0.1, 0.15) is 5.69 Å². The van der Waals surface area contributed by atoms with E-state index >= 15 is 0 Å². The Balaban J connectivity index is 1.78. The van der Waals surface area contributed by atoms with Gasteiger partial charge in [0.15, 0.2) is 0 Å². The number of nitrogens with zero attached hydrogens (tertiary/aromatic N) is 3. The van der Waals surface area contributed by atoms with Crippen LogP contribution >= 0.6 is 11.6 Å². The van der Waals surface area contributed by atoms with E-state index in [1.165, 1.54) is 0 Å². The number of aryl methyl sites for hydroxylation is 2. The predicted octanol–water partition coefficient (Wildman–Crippen LogP) is 3.36. The molecule has 1 aromatic carbocycles. The van der Waals surface area contributed by atoms with E-state index in [0.29, 0.717) is 16.4 Å². The summed E-state index contributed by atoms with van der Waals surface area (Å²) in [6, 6.07) is 7.64. The number of anilines is 2. The average Bonchev–Trinajstić information content (AvgIpc) is 2.58. The Morgan fingerprint density at radius 1 is 1.16 bits per heavy atom. The van der Waals surface area contributed by atoms with Crippen molar-refractivity contribution in [1.29, 1.82) is 0 Å². The third-order valence-corrected chi connectivity index (χ3v) is 4.81. The smallest absolute Gasteiger partial charge is 0.274 e. The molecule has 2 aromatic rings. The molecule has 0 bridgehead atoms. The molecule has 0 unspecified atom stereocenters. The van der Waals surface area contributed by atoms with Crippen LogP contribution in [0.2, 0.25) is 5.02 Å². The molecule has 1 aliphatic heterocycles. The van der Waals surface area contributed by atoms with Crippen LogP contribution in [0.4, 0.5) is 11.4 Å². The molecule has 0 aliphatic carbocycles. The quantitative estimate of drug-likeness (QED) is 0.914. The molecule has 0 spiro atoms. The highest BCUT2D eigenvalue weighted by atomic mass is 35.5. The maximum absolute atomic E-state index is 12.6. The molecule has 1 amide bonds. The monoisotopic (exact) mass is 358 g/mol. The van der Waals surface area contributed by atoms with Gasteiger partial charge in [0.2, 0.25) is 0 Å². The first-order chi connectivity index (χ1) is 11.9. The molecule has 1 saturated heterocycles. The van der Waals surface area contributed by atoms with E-state index in [9.17, 15) is 4.79 Å². The molecular formula is C19H23ClN4O. The second-order valence-electron chi connectivity index (χ2n) is 6.58. The number of benzene rings is 1.